The second kappa shape index (κ2) is 83.3. The molecule has 0 rings (SSSR count). The topological polar surface area (TPSA) is 30.0 Å². The summed E-state index contributed by atoms with van der Waals surface area (Å²) in [4.78, 5) is 0. The SMILES string of the molecule is C/C=C/CC.C/C=C/CC.C=CCC.CCB(CC)CC.CCC(C)CC.CCCCC.CCCCC.[K+].[OH-]. The number of rotatable bonds is 12. The van der Waals surface area contributed by atoms with Gasteiger partial charge in [-0.3, -0.25) is 0 Å². The van der Waals surface area contributed by atoms with Gasteiger partial charge in [0, 0.05) is 0 Å². The van der Waals surface area contributed by atoms with E-state index in [0.29, 0.717) is 0 Å². The van der Waals surface area contributed by atoms with Gasteiger partial charge in [-0.05, 0) is 39.0 Å². The van der Waals surface area contributed by atoms with Gasteiger partial charge in [0.25, 0.3) is 0 Å². The fourth-order valence-corrected chi connectivity index (χ4v) is 2.33. The molecule has 1 N–H and O–H groups in total. The summed E-state index contributed by atoms with van der Waals surface area (Å²) in [6.45, 7) is 37.2. The molecule has 0 aromatic carbocycles. The summed E-state index contributed by atoms with van der Waals surface area (Å²) in [5.74, 6) is 0.935. The molecule has 0 bridgehead atoms. The zero-order valence-electron chi connectivity index (χ0n) is 31.1. The van der Waals surface area contributed by atoms with Gasteiger partial charge in [-0.1, -0.05) is 191 Å². The van der Waals surface area contributed by atoms with E-state index in [0.717, 1.165) is 31.9 Å². The average molecular weight is 581 g/mol. The van der Waals surface area contributed by atoms with Crippen LogP contribution in [0.4, 0.5) is 0 Å². The number of unbranched alkanes of at least 4 members (excludes halogenated alkanes) is 4. The Morgan fingerprint density at radius 3 is 0.821 bits per heavy atom. The number of allylic oxidation sites excluding steroid dienone is 5. The minimum Gasteiger partial charge on any atom is -0.870 e. The summed E-state index contributed by atoms with van der Waals surface area (Å²) < 4.78 is 0. The molecule has 0 spiro atoms. The normalized spacial score (nSPS) is 8.51. The van der Waals surface area contributed by atoms with Gasteiger partial charge in [-0.2, -0.15) is 0 Å². The molecule has 236 valence electrons. The van der Waals surface area contributed by atoms with Gasteiger partial charge in [-0.25, -0.2) is 0 Å². The van der Waals surface area contributed by atoms with Gasteiger partial charge in [0.1, 0.15) is 6.71 Å². The summed E-state index contributed by atoms with van der Waals surface area (Å²) in [6.07, 6.45) is 28.5. The molecule has 1 nitrogen and oxygen atoms in total. The fraction of sp³-hybridized carbons (Fsp3) is 0.833. The Morgan fingerprint density at radius 2 is 0.821 bits per heavy atom. The van der Waals surface area contributed by atoms with Crippen molar-refractivity contribution in [2.45, 2.75) is 193 Å². The van der Waals surface area contributed by atoms with Gasteiger partial charge >= 0.3 is 51.4 Å². The molecular formula is C36H82BKO. The average Bonchev–Trinajstić information content (AvgIpc) is 2.93. The summed E-state index contributed by atoms with van der Waals surface area (Å²) in [5, 5.41) is 0. The minimum absolute atomic E-state index is 0. The van der Waals surface area contributed by atoms with E-state index in [1.54, 1.807) is 0 Å². The van der Waals surface area contributed by atoms with Crippen LogP contribution < -0.4 is 51.4 Å². The van der Waals surface area contributed by atoms with Crippen molar-refractivity contribution in [2.24, 2.45) is 5.92 Å². The Morgan fingerprint density at radius 1 is 0.564 bits per heavy atom. The summed E-state index contributed by atoms with van der Waals surface area (Å²) >= 11 is 0. The van der Waals surface area contributed by atoms with Gasteiger partial charge < -0.3 is 5.48 Å². The first-order valence-corrected chi connectivity index (χ1v) is 16.6. The Balaban J connectivity index is -0.0000000384. The minimum atomic E-state index is 0. The van der Waals surface area contributed by atoms with Crippen molar-refractivity contribution in [3.63, 3.8) is 0 Å². The molecule has 39 heavy (non-hydrogen) atoms. The van der Waals surface area contributed by atoms with E-state index in [4.69, 9.17) is 0 Å². The molecule has 0 fully saturated rings. The maximum absolute atomic E-state index is 3.48. The van der Waals surface area contributed by atoms with Crippen LogP contribution in [-0.4, -0.2) is 12.2 Å². The molecule has 0 heterocycles. The largest absolute Gasteiger partial charge is 1.00 e. The van der Waals surface area contributed by atoms with E-state index in [2.05, 4.69) is 121 Å². The predicted octanol–water partition coefficient (Wildman–Crippen LogP) is 11.7. The van der Waals surface area contributed by atoms with Crippen LogP contribution in [0.5, 0.6) is 0 Å². The van der Waals surface area contributed by atoms with Crippen molar-refractivity contribution in [1.29, 1.82) is 0 Å². The first-order valence-electron chi connectivity index (χ1n) is 16.6. The van der Waals surface area contributed by atoms with E-state index >= 15 is 0 Å². The Labute approximate surface area is 297 Å². The molecule has 0 aliphatic carbocycles. The molecule has 0 aliphatic rings. The zero-order valence-corrected chi connectivity index (χ0v) is 34.2. The van der Waals surface area contributed by atoms with Crippen LogP contribution in [0.15, 0.2) is 37.0 Å². The molecule has 0 amide bonds. The number of hydrogen-bond donors (Lipinski definition) is 0. The molecule has 0 aliphatic heterocycles. The summed E-state index contributed by atoms with van der Waals surface area (Å²) in [7, 11) is 0. The van der Waals surface area contributed by atoms with Gasteiger partial charge in [-0.15, -0.1) is 6.58 Å². The quantitative estimate of drug-likeness (QED) is 0.167. The van der Waals surface area contributed by atoms with Crippen LogP contribution in [0.1, 0.15) is 174 Å². The molecule has 0 saturated heterocycles. The summed E-state index contributed by atoms with van der Waals surface area (Å²) in [6, 6.07) is 0. The van der Waals surface area contributed by atoms with Crippen LogP contribution in [0, 0.1) is 5.92 Å². The van der Waals surface area contributed by atoms with E-state index in [1.807, 2.05) is 19.9 Å². The van der Waals surface area contributed by atoms with Gasteiger partial charge in [0.05, 0.1) is 0 Å². The summed E-state index contributed by atoms with van der Waals surface area (Å²) in [5.41, 5.74) is 0. The molecule has 0 unspecified atom stereocenters. The van der Waals surface area contributed by atoms with Crippen LogP contribution in [0.3, 0.4) is 0 Å². The molecule has 0 saturated carbocycles. The molecule has 3 heteroatoms. The van der Waals surface area contributed by atoms with Crippen LogP contribution >= 0.6 is 0 Å². The van der Waals surface area contributed by atoms with Crippen molar-refractivity contribution in [1.82, 2.24) is 0 Å². The van der Waals surface area contributed by atoms with Crippen molar-refractivity contribution >= 4 is 6.71 Å². The predicted molar refractivity (Wildman–Crippen MR) is 190 cm³/mol. The monoisotopic (exact) mass is 581 g/mol. The third kappa shape index (κ3) is 134. The second-order valence-corrected chi connectivity index (χ2v) is 9.37. The van der Waals surface area contributed by atoms with E-state index in [1.165, 1.54) is 70.3 Å². The van der Waals surface area contributed by atoms with E-state index in [9.17, 15) is 0 Å². The third-order valence-corrected chi connectivity index (χ3v) is 5.77. The maximum Gasteiger partial charge on any atom is 1.00 e. The van der Waals surface area contributed by atoms with Gasteiger partial charge in [0.2, 0.25) is 0 Å². The first-order chi connectivity index (χ1) is 17.7. The number of hydrogen-bond acceptors (Lipinski definition) is 1. The van der Waals surface area contributed by atoms with Crippen LogP contribution in [0.25, 0.3) is 0 Å². The molecule has 0 aromatic rings. The zero-order chi connectivity index (χ0) is 30.6. The second-order valence-electron chi connectivity index (χ2n) is 9.37. The molecule has 0 atom stereocenters. The standard InChI is InChI=1S/C6H15B.C6H14.2C5H12.2C5H10.C4H8.K.H2O/c1-4-7(5-2)6-3;1-4-6(3)5-2;4*1-3-5-4-2;1-3-4-2;;/h4-6H2,1-3H3;6H,4-5H2,1-3H3;2*3-5H2,1-2H3;2*3,5H,4H2,1-2H3;3H,1,4H2,2H3;;1H2/q;;;;;;;+1;/p-1/b;;;;2*5-3+;;;. The van der Waals surface area contributed by atoms with Crippen molar-refractivity contribution in [3.05, 3.63) is 37.0 Å². The maximum atomic E-state index is 3.48. The molecular weight excluding hydrogens is 498 g/mol. The van der Waals surface area contributed by atoms with Crippen molar-refractivity contribution in [2.75, 3.05) is 0 Å². The third-order valence-electron chi connectivity index (χ3n) is 5.77. The molecule has 0 aromatic heterocycles. The van der Waals surface area contributed by atoms with Crippen LogP contribution in [0.2, 0.25) is 19.0 Å². The van der Waals surface area contributed by atoms with E-state index < -0.39 is 0 Å². The van der Waals surface area contributed by atoms with Gasteiger partial charge in [0.15, 0.2) is 0 Å². The Hall–Kier alpha value is 0.881. The Kier molecular flexibility index (Phi) is 135. The smallest absolute Gasteiger partial charge is 0.870 e. The molecule has 0 radical (unpaired) electrons. The van der Waals surface area contributed by atoms with Crippen LogP contribution in [-0.2, 0) is 0 Å². The van der Waals surface area contributed by atoms with E-state index in [-0.39, 0.29) is 56.9 Å². The van der Waals surface area contributed by atoms with Crippen molar-refractivity contribution < 1.29 is 56.9 Å². The fourth-order valence-electron chi connectivity index (χ4n) is 2.33. The first kappa shape index (κ1) is 63.2. The Bertz CT molecular complexity index is 307. The van der Waals surface area contributed by atoms with Crippen molar-refractivity contribution in [3.8, 4) is 0 Å².